The number of hydrogen-bond acceptors (Lipinski definition) is 8. The van der Waals surface area contributed by atoms with Crippen LogP contribution >= 0.6 is 22.9 Å². The minimum absolute atomic E-state index is 0.194. The fraction of sp³-hybridized carbons (Fsp3) is 0.292. The highest BCUT2D eigenvalue weighted by Crippen LogP contribution is 2.30. The molecule has 0 bridgehead atoms. The molecule has 2 heterocycles. The lowest BCUT2D eigenvalue weighted by Crippen LogP contribution is -2.53. The van der Waals surface area contributed by atoms with Gasteiger partial charge in [-0.05, 0) is 37.3 Å². The van der Waals surface area contributed by atoms with Gasteiger partial charge in [0.05, 0.1) is 42.0 Å². The van der Waals surface area contributed by atoms with Crippen LogP contribution in [0.2, 0.25) is 5.02 Å². The van der Waals surface area contributed by atoms with Crippen molar-refractivity contribution in [2.45, 2.75) is 19.1 Å². The van der Waals surface area contributed by atoms with Crippen LogP contribution in [0.25, 0.3) is 10.6 Å². The molecule has 1 saturated heterocycles. The number of thiazole rings is 1. The first-order valence-corrected chi connectivity index (χ1v) is 11.6. The Morgan fingerprint density at radius 1 is 1.27 bits per heavy atom. The standard InChI is InChI=1S/C24H24ClN3O4S/c1-14-22(33-23(27-14)15-6-8-17(25)9-7-15)21(29)20(26)19-13-28(10-11-32-19)18-5-3-4-16(12-18)24(30)31-2/h3-9,12,19-20H,10-11,13,26H2,1-2H3. The Kier molecular flexibility index (Phi) is 7.09. The molecule has 3 aromatic rings. The Labute approximate surface area is 201 Å². The van der Waals surface area contributed by atoms with Crippen molar-refractivity contribution < 1.29 is 19.1 Å². The van der Waals surface area contributed by atoms with Crippen molar-refractivity contribution in [2.24, 2.45) is 5.73 Å². The van der Waals surface area contributed by atoms with E-state index < -0.39 is 18.1 Å². The van der Waals surface area contributed by atoms with Crippen LogP contribution in [-0.4, -0.2) is 55.7 Å². The SMILES string of the molecule is COC(=O)c1cccc(N2CCOC(C(N)C(=O)c3sc(-c4ccc(Cl)cc4)nc3C)C2)c1. The zero-order valence-corrected chi connectivity index (χ0v) is 19.9. The summed E-state index contributed by atoms with van der Waals surface area (Å²) in [6, 6.07) is 13.7. The lowest BCUT2D eigenvalue weighted by atomic mass is 10.0. The molecule has 0 saturated carbocycles. The summed E-state index contributed by atoms with van der Waals surface area (Å²) in [5.41, 5.74) is 9.24. The Hall–Kier alpha value is -2.78. The van der Waals surface area contributed by atoms with Crippen LogP contribution in [-0.2, 0) is 9.47 Å². The Morgan fingerprint density at radius 3 is 2.76 bits per heavy atom. The lowest BCUT2D eigenvalue weighted by molar-refractivity contribution is 0.0242. The molecule has 0 amide bonds. The minimum atomic E-state index is -0.839. The number of rotatable bonds is 6. The molecule has 1 aliphatic rings. The van der Waals surface area contributed by atoms with Crippen LogP contribution in [0.1, 0.15) is 25.7 Å². The molecule has 9 heteroatoms. The second-order valence-corrected chi connectivity index (χ2v) is 9.16. The first-order chi connectivity index (χ1) is 15.9. The summed E-state index contributed by atoms with van der Waals surface area (Å²) in [7, 11) is 1.35. The number of ether oxygens (including phenoxy) is 2. The first kappa shape index (κ1) is 23.4. The zero-order valence-electron chi connectivity index (χ0n) is 18.3. The first-order valence-electron chi connectivity index (χ1n) is 10.5. The second kappa shape index (κ2) is 10.0. The van der Waals surface area contributed by atoms with Gasteiger partial charge in [-0.3, -0.25) is 4.79 Å². The molecule has 4 rings (SSSR count). The van der Waals surface area contributed by atoms with E-state index in [-0.39, 0.29) is 5.78 Å². The van der Waals surface area contributed by atoms with E-state index in [1.807, 2.05) is 25.1 Å². The largest absolute Gasteiger partial charge is 0.465 e. The molecule has 2 aromatic carbocycles. The third kappa shape index (κ3) is 5.09. The number of esters is 1. The van der Waals surface area contributed by atoms with Crippen molar-refractivity contribution in [1.29, 1.82) is 0 Å². The Bertz CT molecular complexity index is 1160. The topological polar surface area (TPSA) is 94.7 Å². The summed E-state index contributed by atoms with van der Waals surface area (Å²) < 4.78 is 10.7. The van der Waals surface area contributed by atoms with Crippen LogP contribution in [0.15, 0.2) is 48.5 Å². The number of anilines is 1. The van der Waals surface area contributed by atoms with Crippen LogP contribution in [0, 0.1) is 6.92 Å². The van der Waals surface area contributed by atoms with Crippen molar-refractivity contribution in [3.8, 4) is 10.6 Å². The van der Waals surface area contributed by atoms with Crippen molar-refractivity contribution in [3.05, 3.63) is 69.7 Å². The van der Waals surface area contributed by atoms with Crippen molar-refractivity contribution in [1.82, 2.24) is 4.98 Å². The van der Waals surface area contributed by atoms with Gasteiger partial charge in [0.15, 0.2) is 5.78 Å². The van der Waals surface area contributed by atoms with Crippen molar-refractivity contribution in [2.75, 3.05) is 31.7 Å². The number of carbonyl (C=O) groups excluding carboxylic acids is 2. The predicted molar refractivity (Wildman–Crippen MR) is 129 cm³/mol. The predicted octanol–water partition coefficient (Wildman–Crippen LogP) is 3.97. The van der Waals surface area contributed by atoms with Crippen LogP contribution < -0.4 is 10.6 Å². The molecule has 2 N–H and O–H groups in total. The maximum atomic E-state index is 13.3. The van der Waals surface area contributed by atoms with Crippen molar-refractivity contribution in [3.63, 3.8) is 0 Å². The fourth-order valence-electron chi connectivity index (χ4n) is 3.74. The smallest absolute Gasteiger partial charge is 0.337 e. The molecule has 1 fully saturated rings. The Morgan fingerprint density at radius 2 is 2.03 bits per heavy atom. The normalized spacial score (nSPS) is 17.0. The molecule has 1 aromatic heterocycles. The maximum Gasteiger partial charge on any atom is 0.337 e. The molecule has 2 unspecified atom stereocenters. The van der Waals surface area contributed by atoms with Gasteiger partial charge in [-0.1, -0.05) is 29.8 Å². The molecule has 2 atom stereocenters. The van der Waals surface area contributed by atoms with Gasteiger partial charge in [0, 0.05) is 29.4 Å². The number of hydrogen-bond donors (Lipinski definition) is 1. The zero-order chi connectivity index (χ0) is 23.5. The van der Waals surface area contributed by atoms with E-state index in [1.165, 1.54) is 18.4 Å². The molecule has 7 nitrogen and oxygen atoms in total. The summed E-state index contributed by atoms with van der Waals surface area (Å²) in [6.45, 7) is 3.29. The van der Waals surface area contributed by atoms with Gasteiger partial charge in [-0.2, -0.15) is 0 Å². The van der Waals surface area contributed by atoms with Gasteiger partial charge in [0.1, 0.15) is 5.01 Å². The molecule has 172 valence electrons. The highest BCUT2D eigenvalue weighted by molar-refractivity contribution is 7.17. The number of Topliss-reactive ketones (excluding diaryl/α,β-unsaturated/α-hetero) is 1. The monoisotopic (exact) mass is 485 g/mol. The quantitative estimate of drug-likeness (QED) is 0.417. The van der Waals surface area contributed by atoms with Gasteiger partial charge in [0.25, 0.3) is 0 Å². The fourth-order valence-corrected chi connectivity index (χ4v) is 4.92. The Balaban J connectivity index is 1.50. The summed E-state index contributed by atoms with van der Waals surface area (Å²) >= 11 is 7.29. The molecule has 0 radical (unpaired) electrons. The third-order valence-corrected chi connectivity index (χ3v) is 7.01. The van der Waals surface area contributed by atoms with E-state index in [1.54, 1.807) is 30.3 Å². The summed E-state index contributed by atoms with van der Waals surface area (Å²) in [6.07, 6.45) is -0.492. The molecule has 0 aliphatic carbocycles. The van der Waals surface area contributed by atoms with Crippen LogP contribution in [0.4, 0.5) is 5.69 Å². The van der Waals surface area contributed by atoms with E-state index in [0.29, 0.717) is 40.9 Å². The number of carbonyl (C=O) groups is 2. The van der Waals surface area contributed by atoms with Crippen LogP contribution in [0.5, 0.6) is 0 Å². The number of aryl methyl sites for hydroxylation is 1. The number of benzene rings is 2. The van der Waals surface area contributed by atoms with Gasteiger partial charge in [-0.15, -0.1) is 11.3 Å². The molecule has 1 aliphatic heterocycles. The van der Waals surface area contributed by atoms with E-state index in [4.69, 9.17) is 26.8 Å². The molecular formula is C24H24ClN3O4S. The highest BCUT2D eigenvalue weighted by Gasteiger charge is 2.33. The van der Waals surface area contributed by atoms with Crippen LogP contribution in [0.3, 0.4) is 0 Å². The number of ketones is 1. The average molecular weight is 486 g/mol. The molecular weight excluding hydrogens is 462 g/mol. The van der Waals surface area contributed by atoms with Gasteiger partial charge >= 0.3 is 5.97 Å². The van der Waals surface area contributed by atoms with E-state index in [0.717, 1.165) is 16.3 Å². The number of halogens is 1. The van der Waals surface area contributed by atoms with Gasteiger partial charge in [-0.25, -0.2) is 9.78 Å². The van der Waals surface area contributed by atoms with Gasteiger partial charge < -0.3 is 20.1 Å². The number of methoxy groups -OCH3 is 1. The van der Waals surface area contributed by atoms with Crippen molar-refractivity contribution >= 4 is 40.4 Å². The average Bonchev–Trinajstić information content (AvgIpc) is 3.24. The van der Waals surface area contributed by atoms with E-state index in [9.17, 15) is 9.59 Å². The minimum Gasteiger partial charge on any atom is -0.465 e. The summed E-state index contributed by atoms with van der Waals surface area (Å²) in [4.78, 5) is 32.3. The number of morpholine rings is 1. The number of aromatic nitrogens is 1. The van der Waals surface area contributed by atoms with E-state index >= 15 is 0 Å². The highest BCUT2D eigenvalue weighted by atomic mass is 35.5. The second-order valence-electron chi connectivity index (χ2n) is 7.73. The molecule has 33 heavy (non-hydrogen) atoms. The third-order valence-electron chi connectivity index (χ3n) is 5.54. The number of nitrogens with zero attached hydrogens (tertiary/aromatic N) is 2. The van der Waals surface area contributed by atoms with E-state index in [2.05, 4.69) is 9.88 Å². The lowest BCUT2D eigenvalue weighted by Gasteiger charge is -2.36. The number of nitrogens with two attached hydrogens (primary N) is 1. The maximum absolute atomic E-state index is 13.3. The van der Waals surface area contributed by atoms with Gasteiger partial charge in [0.2, 0.25) is 0 Å². The summed E-state index contributed by atoms with van der Waals surface area (Å²) in [5.74, 6) is -0.592. The molecule has 0 spiro atoms. The summed E-state index contributed by atoms with van der Waals surface area (Å²) in [5, 5.41) is 1.38.